The first kappa shape index (κ1) is 16.6. The number of ether oxygens (including phenoxy) is 2. The number of aliphatic hydroxyl groups is 1. The van der Waals surface area contributed by atoms with Crippen molar-refractivity contribution in [2.45, 2.75) is 38.0 Å². The molecule has 3 heterocycles. The first-order chi connectivity index (χ1) is 12.3. The number of aliphatic hydroxyl groups excluding tert-OH is 1. The molecule has 0 unspecified atom stereocenters. The molecule has 0 amide bonds. The molecule has 1 aromatic heterocycles. The summed E-state index contributed by atoms with van der Waals surface area (Å²) in [6.45, 7) is 3.10. The molecule has 2 aromatic rings. The highest BCUT2D eigenvalue weighted by Gasteiger charge is 2.37. The van der Waals surface area contributed by atoms with E-state index >= 15 is 0 Å². The quantitative estimate of drug-likeness (QED) is 0.901. The standard InChI is InChI=1S/C20H25NO4/c22-19-10-12-23-14-17(19)18-7-4-11-21(18)13-16-8-9-20(25-16)24-15-5-2-1-3-6-15/h1-3,5-6,8-9,17-19,22H,4,7,10-14H2/t17-,18-,19+/m0/s1. The van der Waals surface area contributed by atoms with E-state index < -0.39 is 0 Å². The molecule has 2 fully saturated rings. The van der Waals surface area contributed by atoms with Crippen LogP contribution in [0.15, 0.2) is 46.9 Å². The fourth-order valence-corrected chi connectivity index (χ4v) is 3.95. The van der Waals surface area contributed by atoms with Crippen LogP contribution in [0.5, 0.6) is 11.7 Å². The SMILES string of the molecule is O[C@@H]1CCOC[C@H]1[C@@H]1CCCN1Cc1ccc(Oc2ccccc2)o1. The molecule has 0 spiro atoms. The Kier molecular flexibility index (Phi) is 5.06. The highest BCUT2D eigenvalue weighted by atomic mass is 16.6. The lowest BCUT2D eigenvalue weighted by Gasteiger charge is -2.36. The predicted molar refractivity (Wildman–Crippen MR) is 93.6 cm³/mol. The third kappa shape index (κ3) is 3.89. The van der Waals surface area contributed by atoms with Gasteiger partial charge in [0.2, 0.25) is 0 Å². The molecule has 0 saturated carbocycles. The molecule has 0 bridgehead atoms. The maximum Gasteiger partial charge on any atom is 0.290 e. The topological polar surface area (TPSA) is 55.1 Å². The number of furan rings is 1. The van der Waals surface area contributed by atoms with E-state index in [2.05, 4.69) is 4.90 Å². The normalized spacial score (nSPS) is 27.5. The predicted octanol–water partition coefficient (Wildman–Crippen LogP) is 3.43. The second kappa shape index (κ2) is 7.60. The van der Waals surface area contributed by atoms with Crippen LogP contribution in [-0.2, 0) is 11.3 Å². The van der Waals surface area contributed by atoms with E-state index in [4.69, 9.17) is 13.9 Å². The van der Waals surface area contributed by atoms with Gasteiger partial charge in [-0.3, -0.25) is 4.90 Å². The minimum atomic E-state index is -0.257. The molecule has 134 valence electrons. The summed E-state index contributed by atoms with van der Waals surface area (Å²) >= 11 is 0. The van der Waals surface area contributed by atoms with Gasteiger partial charge in [-0.1, -0.05) is 18.2 Å². The smallest absolute Gasteiger partial charge is 0.290 e. The first-order valence-corrected chi connectivity index (χ1v) is 9.11. The molecule has 2 aliphatic rings. The van der Waals surface area contributed by atoms with Crippen molar-refractivity contribution in [2.75, 3.05) is 19.8 Å². The Morgan fingerprint density at radius 1 is 1.12 bits per heavy atom. The second-order valence-electron chi connectivity index (χ2n) is 6.91. The molecule has 5 heteroatoms. The molecule has 1 aromatic carbocycles. The monoisotopic (exact) mass is 343 g/mol. The molecule has 5 nitrogen and oxygen atoms in total. The number of nitrogens with zero attached hydrogens (tertiary/aromatic N) is 1. The molecule has 4 rings (SSSR count). The average molecular weight is 343 g/mol. The van der Waals surface area contributed by atoms with Gasteiger partial charge in [0.05, 0.1) is 19.3 Å². The molecule has 0 radical (unpaired) electrons. The van der Waals surface area contributed by atoms with Gasteiger partial charge in [-0.05, 0) is 44.0 Å². The van der Waals surface area contributed by atoms with Crippen LogP contribution in [0.25, 0.3) is 0 Å². The van der Waals surface area contributed by atoms with Gasteiger partial charge in [-0.2, -0.15) is 0 Å². The van der Waals surface area contributed by atoms with Crippen LogP contribution in [0.3, 0.4) is 0 Å². The summed E-state index contributed by atoms with van der Waals surface area (Å²) in [6.07, 6.45) is 2.75. The zero-order valence-electron chi connectivity index (χ0n) is 14.3. The zero-order chi connectivity index (χ0) is 17.1. The maximum atomic E-state index is 10.3. The van der Waals surface area contributed by atoms with E-state index in [1.807, 2.05) is 42.5 Å². The van der Waals surface area contributed by atoms with Crippen LogP contribution < -0.4 is 4.74 Å². The van der Waals surface area contributed by atoms with Crippen molar-refractivity contribution < 1.29 is 19.0 Å². The molecular weight excluding hydrogens is 318 g/mol. The highest BCUT2D eigenvalue weighted by molar-refractivity contribution is 5.26. The molecule has 3 atom stereocenters. The zero-order valence-corrected chi connectivity index (χ0v) is 14.3. The molecule has 25 heavy (non-hydrogen) atoms. The minimum Gasteiger partial charge on any atom is -0.429 e. The summed E-state index contributed by atoms with van der Waals surface area (Å²) in [7, 11) is 0. The van der Waals surface area contributed by atoms with E-state index in [9.17, 15) is 5.11 Å². The van der Waals surface area contributed by atoms with Crippen LogP contribution in [0, 0.1) is 5.92 Å². The van der Waals surface area contributed by atoms with Gasteiger partial charge in [-0.15, -0.1) is 0 Å². The number of rotatable bonds is 5. The van der Waals surface area contributed by atoms with Crippen LogP contribution >= 0.6 is 0 Å². The van der Waals surface area contributed by atoms with Crippen LogP contribution in [0.1, 0.15) is 25.0 Å². The average Bonchev–Trinajstić information content (AvgIpc) is 3.26. The molecule has 2 saturated heterocycles. The van der Waals surface area contributed by atoms with E-state index in [1.165, 1.54) is 0 Å². The lowest BCUT2D eigenvalue weighted by atomic mass is 9.89. The number of likely N-dealkylation sites (tertiary alicyclic amines) is 1. The van der Waals surface area contributed by atoms with Gasteiger partial charge in [-0.25, -0.2) is 0 Å². The van der Waals surface area contributed by atoms with E-state index in [0.717, 1.165) is 43.9 Å². The van der Waals surface area contributed by atoms with Crippen molar-refractivity contribution in [1.29, 1.82) is 0 Å². The van der Waals surface area contributed by atoms with Gasteiger partial charge >= 0.3 is 0 Å². The summed E-state index contributed by atoms with van der Waals surface area (Å²) in [4.78, 5) is 2.41. The Bertz CT molecular complexity index is 671. The lowest BCUT2D eigenvalue weighted by molar-refractivity contribution is -0.0642. The van der Waals surface area contributed by atoms with Crippen LogP contribution in [0.4, 0.5) is 0 Å². The molecule has 2 aliphatic heterocycles. The van der Waals surface area contributed by atoms with Crippen molar-refractivity contribution in [1.82, 2.24) is 4.90 Å². The van der Waals surface area contributed by atoms with Gasteiger partial charge < -0.3 is 19.0 Å². The largest absolute Gasteiger partial charge is 0.429 e. The highest BCUT2D eigenvalue weighted by Crippen LogP contribution is 2.32. The summed E-state index contributed by atoms with van der Waals surface area (Å²) in [5.74, 6) is 2.37. The summed E-state index contributed by atoms with van der Waals surface area (Å²) in [6, 6.07) is 13.8. The van der Waals surface area contributed by atoms with Crippen molar-refractivity contribution in [2.24, 2.45) is 5.92 Å². The van der Waals surface area contributed by atoms with Gasteiger partial charge in [0.1, 0.15) is 11.5 Å². The van der Waals surface area contributed by atoms with Crippen molar-refractivity contribution in [3.63, 3.8) is 0 Å². The molecular formula is C20H25NO4. The Morgan fingerprint density at radius 3 is 2.84 bits per heavy atom. The fraction of sp³-hybridized carbons (Fsp3) is 0.500. The Labute approximate surface area is 148 Å². The van der Waals surface area contributed by atoms with Crippen molar-refractivity contribution >= 4 is 0 Å². The number of benzene rings is 1. The Hall–Kier alpha value is -1.82. The van der Waals surface area contributed by atoms with E-state index in [1.54, 1.807) is 0 Å². The number of hydrogen-bond donors (Lipinski definition) is 1. The van der Waals surface area contributed by atoms with Crippen LogP contribution in [-0.4, -0.2) is 41.9 Å². The summed E-state index contributed by atoms with van der Waals surface area (Å²) in [5, 5.41) is 10.3. The Morgan fingerprint density at radius 2 is 2.00 bits per heavy atom. The third-order valence-corrected chi connectivity index (χ3v) is 5.23. The lowest BCUT2D eigenvalue weighted by Crippen LogP contribution is -2.45. The minimum absolute atomic E-state index is 0.200. The third-order valence-electron chi connectivity index (χ3n) is 5.23. The van der Waals surface area contributed by atoms with Gasteiger partial charge in [0, 0.05) is 24.6 Å². The number of para-hydroxylation sites is 1. The summed E-state index contributed by atoms with van der Waals surface area (Å²) < 4.78 is 17.2. The first-order valence-electron chi connectivity index (χ1n) is 9.11. The fourth-order valence-electron chi connectivity index (χ4n) is 3.95. The second-order valence-corrected chi connectivity index (χ2v) is 6.91. The number of hydrogen-bond acceptors (Lipinski definition) is 5. The molecule has 0 aliphatic carbocycles. The van der Waals surface area contributed by atoms with Crippen molar-refractivity contribution in [3.05, 3.63) is 48.2 Å². The Balaban J connectivity index is 1.39. The van der Waals surface area contributed by atoms with E-state index in [0.29, 0.717) is 25.2 Å². The van der Waals surface area contributed by atoms with Gasteiger partial charge in [0.25, 0.3) is 5.95 Å². The van der Waals surface area contributed by atoms with Crippen molar-refractivity contribution in [3.8, 4) is 11.7 Å². The van der Waals surface area contributed by atoms with Gasteiger partial charge in [0.15, 0.2) is 0 Å². The molecule has 1 N–H and O–H groups in total. The maximum absolute atomic E-state index is 10.3. The van der Waals surface area contributed by atoms with E-state index in [-0.39, 0.29) is 12.0 Å². The summed E-state index contributed by atoms with van der Waals surface area (Å²) in [5.41, 5.74) is 0. The van der Waals surface area contributed by atoms with Crippen LogP contribution in [0.2, 0.25) is 0 Å².